The SMILES string of the molecule is Cc1cc(C#N)ccc1Cn1ccc2ccccc21. The Morgan fingerprint density at radius 3 is 2.74 bits per heavy atom. The van der Waals surface area contributed by atoms with Gasteiger partial charge in [-0.25, -0.2) is 0 Å². The van der Waals surface area contributed by atoms with E-state index in [2.05, 4.69) is 54.1 Å². The smallest absolute Gasteiger partial charge is 0.0991 e. The van der Waals surface area contributed by atoms with Gasteiger partial charge in [0.15, 0.2) is 0 Å². The summed E-state index contributed by atoms with van der Waals surface area (Å²) in [6.45, 7) is 2.90. The highest BCUT2D eigenvalue weighted by Crippen LogP contribution is 2.18. The lowest BCUT2D eigenvalue weighted by molar-refractivity contribution is 0.830. The molecular weight excluding hydrogens is 232 g/mol. The lowest BCUT2D eigenvalue weighted by Crippen LogP contribution is -2.00. The Kier molecular flexibility index (Phi) is 2.81. The molecule has 0 unspecified atom stereocenters. The molecule has 0 saturated carbocycles. The van der Waals surface area contributed by atoms with E-state index in [0.717, 1.165) is 17.7 Å². The molecule has 0 aliphatic carbocycles. The van der Waals surface area contributed by atoms with E-state index >= 15 is 0 Å². The van der Waals surface area contributed by atoms with Crippen LogP contribution in [-0.2, 0) is 6.54 Å². The van der Waals surface area contributed by atoms with E-state index in [1.54, 1.807) is 0 Å². The van der Waals surface area contributed by atoms with Gasteiger partial charge in [-0.3, -0.25) is 0 Å². The van der Waals surface area contributed by atoms with Gasteiger partial charge in [-0.05, 0) is 47.7 Å². The van der Waals surface area contributed by atoms with Gasteiger partial charge in [-0.2, -0.15) is 5.26 Å². The molecule has 0 spiro atoms. The second kappa shape index (κ2) is 4.62. The summed E-state index contributed by atoms with van der Waals surface area (Å²) in [5, 5.41) is 10.2. The first-order valence-corrected chi connectivity index (χ1v) is 6.31. The molecular formula is C17H14N2. The maximum absolute atomic E-state index is 8.90. The van der Waals surface area contributed by atoms with E-state index in [1.807, 2.05) is 18.2 Å². The topological polar surface area (TPSA) is 28.7 Å². The molecule has 2 nitrogen and oxygen atoms in total. The molecule has 1 aromatic heterocycles. The van der Waals surface area contributed by atoms with Crippen LogP contribution in [0.3, 0.4) is 0 Å². The minimum atomic E-state index is 0.721. The first-order chi connectivity index (χ1) is 9.28. The maximum Gasteiger partial charge on any atom is 0.0991 e. The number of hydrogen-bond donors (Lipinski definition) is 0. The molecule has 3 rings (SSSR count). The first-order valence-electron chi connectivity index (χ1n) is 6.31. The highest BCUT2D eigenvalue weighted by Gasteiger charge is 2.04. The molecule has 0 aliphatic rings. The molecule has 0 amide bonds. The Hall–Kier alpha value is -2.53. The fourth-order valence-electron chi connectivity index (χ4n) is 2.40. The molecule has 92 valence electrons. The average Bonchev–Trinajstić information content (AvgIpc) is 2.84. The van der Waals surface area contributed by atoms with Crippen molar-refractivity contribution in [2.75, 3.05) is 0 Å². The van der Waals surface area contributed by atoms with Crippen LogP contribution < -0.4 is 0 Å². The number of nitriles is 1. The Morgan fingerprint density at radius 2 is 1.95 bits per heavy atom. The van der Waals surface area contributed by atoms with Crippen molar-refractivity contribution in [3.63, 3.8) is 0 Å². The zero-order valence-corrected chi connectivity index (χ0v) is 10.8. The standard InChI is InChI=1S/C17H14N2/c1-13-10-14(11-18)6-7-16(13)12-19-9-8-15-4-2-3-5-17(15)19/h2-10H,12H2,1H3. The summed E-state index contributed by atoms with van der Waals surface area (Å²) in [6, 6.07) is 18.6. The quantitative estimate of drug-likeness (QED) is 0.674. The monoisotopic (exact) mass is 246 g/mol. The van der Waals surface area contributed by atoms with Gasteiger partial charge in [-0.15, -0.1) is 0 Å². The molecule has 0 fully saturated rings. The fraction of sp³-hybridized carbons (Fsp3) is 0.118. The minimum Gasteiger partial charge on any atom is -0.343 e. The van der Waals surface area contributed by atoms with Crippen molar-refractivity contribution in [2.24, 2.45) is 0 Å². The Morgan fingerprint density at radius 1 is 1.11 bits per heavy atom. The number of benzene rings is 2. The predicted octanol–water partition coefficient (Wildman–Crippen LogP) is 3.87. The number of nitrogens with zero attached hydrogens (tertiary/aromatic N) is 2. The maximum atomic E-state index is 8.90. The van der Waals surface area contributed by atoms with Gasteiger partial charge in [0.05, 0.1) is 11.6 Å². The second-order valence-electron chi connectivity index (χ2n) is 4.76. The van der Waals surface area contributed by atoms with Gasteiger partial charge in [-0.1, -0.05) is 24.3 Å². The zero-order chi connectivity index (χ0) is 13.2. The van der Waals surface area contributed by atoms with Gasteiger partial charge in [0, 0.05) is 18.3 Å². The highest BCUT2D eigenvalue weighted by molar-refractivity contribution is 5.80. The summed E-state index contributed by atoms with van der Waals surface area (Å²) in [4.78, 5) is 0. The van der Waals surface area contributed by atoms with Gasteiger partial charge in [0.1, 0.15) is 0 Å². The van der Waals surface area contributed by atoms with Crippen LogP contribution in [0.1, 0.15) is 16.7 Å². The van der Waals surface area contributed by atoms with Crippen LogP contribution in [0.5, 0.6) is 0 Å². The molecule has 19 heavy (non-hydrogen) atoms. The third-order valence-electron chi connectivity index (χ3n) is 3.49. The highest BCUT2D eigenvalue weighted by atomic mass is 14.9. The number of rotatable bonds is 2. The molecule has 0 atom stereocenters. The normalized spacial score (nSPS) is 10.5. The van der Waals surface area contributed by atoms with Crippen molar-refractivity contribution in [3.8, 4) is 6.07 Å². The molecule has 1 heterocycles. The summed E-state index contributed by atoms with van der Waals surface area (Å²) in [7, 11) is 0. The minimum absolute atomic E-state index is 0.721. The Balaban J connectivity index is 2.00. The van der Waals surface area contributed by atoms with Crippen molar-refractivity contribution in [1.82, 2.24) is 4.57 Å². The van der Waals surface area contributed by atoms with Crippen LogP contribution >= 0.6 is 0 Å². The van der Waals surface area contributed by atoms with E-state index < -0.39 is 0 Å². The van der Waals surface area contributed by atoms with Crippen LogP contribution in [0.4, 0.5) is 0 Å². The number of aromatic nitrogens is 1. The number of hydrogen-bond acceptors (Lipinski definition) is 1. The fourth-order valence-corrected chi connectivity index (χ4v) is 2.40. The van der Waals surface area contributed by atoms with Crippen LogP contribution in [0.2, 0.25) is 0 Å². The molecule has 0 aliphatic heterocycles. The predicted molar refractivity (Wildman–Crippen MR) is 76.9 cm³/mol. The van der Waals surface area contributed by atoms with Crippen molar-refractivity contribution < 1.29 is 0 Å². The summed E-state index contributed by atoms with van der Waals surface area (Å²) in [6.07, 6.45) is 2.11. The lowest BCUT2D eigenvalue weighted by atomic mass is 10.1. The first kappa shape index (κ1) is 11.6. The second-order valence-corrected chi connectivity index (χ2v) is 4.76. The molecule has 0 saturated heterocycles. The molecule has 0 radical (unpaired) electrons. The third-order valence-corrected chi connectivity index (χ3v) is 3.49. The molecule has 0 bridgehead atoms. The van der Waals surface area contributed by atoms with Gasteiger partial charge >= 0.3 is 0 Å². The van der Waals surface area contributed by atoms with E-state index in [4.69, 9.17) is 5.26 Å². The van der Waals surface area contributed by atoms with E-state index in [9.17, 15) is 0 Å². The van der Waals surface area contributed by atoms with Gasteiger partial charge in [0.25, 0.3) is 0 Å². The summed E-state index contributed by atoms with van der Waals surface area (Å²) < 4.78 is 2.24. The summed E-state index contributed by atoms with van der Waals surface area (Å²) in [5.74, 6) is 0. The Labute approximate surface area is 112 Å². The Bertz CT molecular complexity index is 775. The van der Waals surface area contributed by atoms with Crippen molar-refractivity contribution in [3.05, 3.63) is 71.4 Å². The van der Waals surface area contributed by atoms with Crippen molar-refractivity contribution >= 4 is 10.9 Å². The van der Waals surface area contributed by atoms with E-state index in [1.165, 1.54) is 16.5 Å². The van der Waals surface area contributed by atoms with E-state index in [0.29, 0.717) is 0 Å². The van der Waals surface area contributed by atoms with Crippen LogP contribution in [-0.4, -0.2) is 4.57 Å². The molecule has 2 heteroatoms. The number of para-hydroxylation sites is 1. The molecule has 3 aromatic rings. The number of aryl methyl sites for hydroxylation is 1. The van der Waals surface area contributed by atoms with Crippen LogP contribution in [0.15, 0.2) is 54.7 Å². The largest absolute Gasteiger partial charge is 0.343 e. The summed E-state index contributed by atoms with van der Waals surface area (Å²) >= 11 is 0. The number of fused-ring (bicyclic) bond motifs is 1. The van der Waals surface area contributed by atoms with Crippen molar-refractivity contribution in [2.45, 2.75) is 13.5 Å². The zero-order valence-electron chi connectivity index (χ0n) is 10.8. The molecule has 2 aromatic carbocycles. The average molecular weight is 246 g/mol. The third kappa shape index (κ3) is 2.11. The van der Waals surface area contributed by atoms with Crippen molar-refractivity contribution in [1.29, 1.82) is 5.26 Å². The van der Waals surface area contributed by atoms with Crippen LogP contribution in [0, 0.1) is 18.3 Å². The molecule has 0 N–H and O–H groups in total. The van der Waals surface area contributed by atoms with Gasteiger partial charge < -0.3 is 4.57 Å². The van der Waals surface area contributed by atoms with Crippen LogP contribution in [0.25, 0.3) is 10.9 Å². The van der Waals surface area contributed by atoms with E-state index in [-0.39, 0.29) is 0 Å². The van der Waals surface area contributed by atoms with Gasteiger partial charge in [0.2, 0.25) is 0 Å². The summed E-state index contributed by atoms with van der Waals surface area (Å²) in [5.41, 5.74) is 4.38. The lowest BCUT2D eigenvalue weighted by Gasteiger charge is -2.09.